The van der Waals surface area contributed by atoms with Gasteiger partial charge in [0.1, 0.15) is 0 Å². The molecule has 0 aliphatic carbocycles. The van der Waals surface area contributed by atoms with Crippen LogP contribution in [0.5, 0.6) is 0 Å². The van der Waals surface area contributed by atoms with Gasteiger partial charge in [-0.2, -0.15) is 5.10 Å². The van der Waals surface area contributed by atoms with Gasteiger partial charge in [0, 0.05) is 12.7 Å². The second kappa shape index (κ2) is 6.65. The molecular weight excluding hydrogens is 276 g/mol. The molecule has 0 atom stereocenters. The van der Waals surface area contributed by atoms with Gasteiger partial charge in [-0.15, -0.1) is 0 Å². The lowest BCUT2D eigenvalue weighted by Crippen LogP contribution is -2.20. The molecule has 0 unspecified atom stereocenters. The van der Waals surface area contributed by atoms with Crippen LogP contribution in [-0.2, 0) is 14.6 Å². The van der Waals surface area contributed by atoms with Gasteiger partial charge in [0.25, 0.3) is 0 Å². The quantitative estimate of drug-likeness (QED) is 0.667. The monoisotopic (exact) mass is 296 g/mol. The zero-order valence-electron chi connectivity index (χ0n) is 12.2. The molecule has 0 heterocycles. The molecule has 0 saturated carbocycles. The maximum Gasteiger partial charge on any atom is 0.240 e. The molecule has 0 spiro atoms. The molecule has 0 saturated heterocycles. The van der Waals surface area contributed by atoms with Gasteiger partial charge in [-0.3, -0.25) is 4.79 Å². The highest BCUT2D eigenvalue weighted by Gasteiger charge is 2.07. The van der Waals surface area contributed by atoms with Gasteiger partial charge in [-0.05, 0) is 30.5 Å². The lowest BCUT2D eigenvalue weighted by molar-refractivity contribution is -0.121. The fourth-order valence-corrected chi connectivity index (χ4v) is 2.20. The number of amides is 1. The first kappa shape index (κ1) is 16.4. The predicted molar refractivity (Wildman–Crippen MR) is 79.4 cm³/mol. The van der Waals surface area contributed by atoms with E-state index in [0.717, 1.165) is 11.8 Å². The Labute approximate surface area is 120 Å². The van der Waals surface area contributed by atoms with Crippen LogP contribution < -0.4 is 5.43 Å². The van der Waals surface area contributed by atoms with Crippen molar-refractivity contribution in [2.75, 3.05) is 6.26 Å². The van der Waals surface area contributed by atoms with E-state index in [1.165, 1.54) is 12.1 Å². The maximum atomic E-state index is 11.5. The van der Waals surface area contributed by atoms with E-state index in [1.54, 1.807) is 19.1 Å². The van der Waals surface area contributed by atoms with Crippen molar-refractivity contribution in [3.05, 3.63) is 29.8 Å². The molecule has 1 aromatic carbocycles. The number of hydrazone groups is 1. The molecule has 20 heavy (non-hydrogen) atoms. The summed E-state index contributed by atoms with van der Waals surface area (Å²) in [6, 6.07) is 6.40. The summed E-state index contributed by atoms with van der Waals surface area (Å²) in [5.74, 6) is 0.145. The third kappa shape index (κ3) is 5.13. The molecule has 0 aromatic heterocycles. The molecule has 0 aliphatic rings. The Morgan fingerprint density at radius 1 is 1.25 bits per heavy atom. The summed E-state index contributed by atoms with van der Waals surface area (Å²) in [6.07, 6.45) is 1.58. The van der Waals surface area contributed by atoms with E-state index in [-0.39, 0.29) is 16.7 Å². The van der Waals surface area contributed by atoms with Crippen molar-refractivity contribution < 1.29 is 13.2 Å². The molecule has 6 heteroatoms. The van der Waals surface area contributed by atoms with Crippen LogP contribution in [0.4, 0.5) is 0 Å². The van der Waals surface area contributed by atoms with E-state index in [1.807, 2.05) is 13.8 Å². The Bertz CT molecular complexity index is 602. The Balaban J connectivity index is 2.77. The minimum absolute atomic E-state index is 0.132. The number of hydrogen-bond donors (Lipinski definition) is 1. The van der Waals surface area contributed by atoms with Crippen LogP contribution in [0.15, 0.2) is 34.3 Å². The van der Waals surface area contributed by atoms with Gasteiger partial charge in [-0.1, -0.05) is 26.0 Å². The van der Waals surface area contributed by atoms with Gasteiger partial charge in [0.15, 0.2) is 9.84 Å². The van der Waals surface area contributed by atoms with Crippen LogP contribution in [-0.4, -0.2) is 26.3 Å². The number of nitrogens with one attached hydrogen (secondary N) is 1. The first-order valence-corrected chi connectivity index (χ1v) is 8.23. The standard InChI is InChI=1S/C14H20N2O3S/c1-10(2)9-14(17)16-15-11(3)12-5-7-13(8-6-12)20(4,18)19/h5-8,10H,9H2,1-4H3,(H,16,17)/b15-11-. The van der Waals surface area contributed by atoms with Crippen LogP contribution in [0, 0.1) is 5.92 Å². The van der Waals surface area contributed by atoms with Gasteiger partial charge in [-0.25, -0.2) is 13.8 Å². The van der Waals surface area contributed by atoms with Crippen molar-refractivity contribution in [3.8, 4) is 0 Å². The third-order valence-electron chi connectivity index (χ3n) is 2.64. The lowest BCUT2D eigenvalue weighted by atomic mass is 10.1. The zero-order valence-corrected chi connectivity index (χ0v) is 13.0. The Morgan fingerprint density at radius 2 is 1.80 bits per heavy atom. The van der Waals surface area contributed by atoms with Crippen LogP contribution >= 0.6 is 0 Å². The Kier molecular flexibility index (Phi) is 5.44. The summed E-state index contributed by atoms with van der Waals surface area (Å²) in [5.41, 5.74) is 3.88. The maximum absolute atomic E-state index is 11.5. The van der Waals surface area contributed by atoms with Crippen molar-refractivity contribution in [1.82, 2.24) is 5.43 Å². The smallest absolute Gasteiger partial charge is 0.240 e. The molecule has 1 aromatic rings. The number of sulfone groups is 1. The van der Waals surface area contributed by atoms with Crippen LogP contribution in [0.25, 0.3) is 0 Å². The second-order valence-electron chi connectivity index (χ2n) is 5.13. The molecule has 0 bridgehead atoms. The summed E-state index contributed by atoms with van der Waals surface area (Å²) in [6.45, 7) is 5.67. The average Bonchev–Trinajstić information content (AvgIpc) is 2.34. The topological polar surface area (TPSA) is 75.6 Å². The van der Waals surface area contributed by atoms with Crippen LogP contribution in [0.1, 0.15) is 32.8 Å². The molecular formula is C14H20N2O3S. The van der Waals surface area contributed by atoms with Gasteiger partial charge < -0.3 is 0 Å². The largest absolute Gasteiger partial charge is 0.273 e. The fraction of sp³-hybridized carbons (Fsp3) is 0.429. The highest BCUT2D eigenvalue weighted by Crippen LogP contribution is 2.11. The predicted octanol–water partition coefficient (Wildman–Crippen LogP) is 1.98. The normalized spacial score (nSPS) is 12.6. The Hall–Kier alpha value is -1.69. The first-order valence-electron chi connectivity index (χ1n) is 6.33. The van der Waals surface area contributed by atoms with E-state index in [9.17, 15) is 13.2 Å². The van der Waals surface area contributed by atoms with E-state index in [0.29, 0.717) is 12.1 Å². The van der Waals surface area contributed by atoms with Crippen molar-refractivity contribution in [2.24, 2.45) is 11.0 Å². The minimum Gasteiger partial charge on any atom is -0.273 e. The minimum atomic E-state index is -3.19. The first-order chi connectivity index (χ1) is 9.20. The Morgan fingerprint density at radius 3 is 2.25 bits per heavy atom. The third-order valence-corrected chi connectivity index (χ3v) is 3.77. The number of rotatable bonds is 5. The molecule has 0 fully saturated rings. The van der Waals surface area contributed by atoms with Crippen molar-refractivity contribution in [3.63, 3.8) is 0 Å². The molecule has 1 N–H and O–H groups in total. The second-order valence-corrected chi connectivity index (χ2v) is 7.14. The SMILES string of the molecule is C/C(=N/NC(=O)CC(C)C)c1ccc(S(C)(=O)=O)cc1. The summed E-state index contributed by atoms with van der Waals surface area (Å²) in [7, 11) is -3.19. The van der Waals surface area contributed by atoms with E-state index >= 15 is 0 Å². The zero-order chi connectivity index (χ0) is 15.3. The molecule has 110 valence electrons. The molecule has 0 aliphatic heterocycles. The van der Waals surface area contributed by atoms with Crippen molar-refractivity contribution in [1.29, 1.82) is 0 Å². The van der Waals surface area contributed by atoms with E-state index in [2.05, 4.69) is 10.5 Å². The molecule has 1 rings (SSSR count). The highest BCUT2D eigenvalue weighted by molar-refractivity contribution is 7.90. The van der Waals surface area contributed by atoms with E-state index in [4.69, 9.17) is 0 Å². The summed E-state index contributed by atoms with van der Waals surface area (Å²) in [4.78, 5) is 11.7. The molecule has 1 amide bonds. The average molecular weight is 296 g/mol. The van der Waals surface area contributed by atoms with Gasteiger partial charge in [0.2, 0.25) is 5.91 Å². The molecule has 0 radical (unpaired) electrons. The van der Waals surface area contributed by atoms with Gasteiger partial charge in [0.05, 0.1) is 10.6 Å². The summed E-state index contributed by atoms with van der Waals surface area (Å²) >= 11 is 0. The number of benzene rings is 1. The number of carbonyl (C=O) groups excluding carboxylic acids is 1. The van der Waals surface area contributed by atoms with Crippen molar-refractivity contribution in [2.45, 2.75) is 32.1 Å². The summed E-state index contributed by atoms with van der Waals surface area (Å²) in [5, 5.41) is 4.01. The van der Waals surface area contributed by atoms with Crippen LogP contribution in [0.2, 0.25) is 0 Å². The fourth-order valence-electron chi connectivity index (χ4n) is 1.57. The summed E-state index contributed by atoms with van der Waals surface area (Å²) < 4.78 is 22.7. The van der Waals surface area contributed by atoms with Crippen LogP contribution in [0.3, 0.4) is 0 Å². The number of hydrogen-bond acceptors (Lipinski definition) is 4. The van der Waals surface area contributed by atoms with Crippen molar-refractivity contribution >= 4 is 21.5 Å². The van der Waals surface area contributed by atoms with E-state index < -0.39 is 9.84 Å². The lowest BCUT2D eigenvalue weighted by Gasteiger charge is -2.05. The van der Waals surface area contributed by atoms with Gasteiger partial charge >= 0.3 is 0 Å². The highest BCUT2D eigenvalue weighted by atomic mass is 32.2. The molecule has 5 nitrogen and oxygen atoms in total. The number of nitrogens with zero attached hydrogens (tertiary/aromatic N) is 1. The number of carbonyl (C=O) groups is 1.